The third-order valence-corrected chi connectivity index (χ3v) is 3.33. The lowest BCUT2D eigenvalue weighted by Crippen LogP contribution is -2.13. The van der Waals surface area contributed by atoms with E-state index in [1.165, 1.54) is 16.0 Å². The number of benzene rings is 1. The molecule has 88 valence electrons. The molecule has 0 aliphatic carbocycles. The normalized spacial score (nSPS) is 12.2. The number of thioether (sulfide) groups is 1. The van der Waals surface area contributed by atoms with Crippen LogP contribution in [0.5, 0.6) is 0 Å². The third kappa shape index (κ3) is 4.03. The van der Waals surface area contributed by atoms with Crippen molar-refractivity contribution in [2.24, 2.45) is 5.92 Å². The predicted octanol–water partition coefficient (Wildman–Crippen LogP) is 3.67. The summed E-state index contributed by atoms with van der Waals surface area (Å²) >= 11 is 1.78. The zero-order valence-electron chi connectivity index (χ0n) is 10.6. The van der Waals surface area contributed by atoms with Crippen LogP contribution in [-0.4, -0.2) is 19.8 Å². The largest absolute Gasteiger partial charge is 0.316 e. The minimum Gasteiger partial charge on any atom is -0.316 e. The van der Waals surface area contributed by atoms with Gasteiger partial charge in [-0.15, -0.1) is 11.8 Å². The topological polar surface area (TPSA) is 12.0 Å². The highest BCUT2D eigenvalue weighted by molar-refractivity contribution is 7.98. The quantitative estimate of drug-likeness (QED) is 0.782. The Labute approximate surface area is 103 Å². The van der Waals surface area contributed by atoms with E-state index in [-0.39, 0.29) is 0 Å². The fourth-order valence-electron chi connectivity index (χ4n) is 1.54. The summed E-state index contributed by atoms with van der Waals surface area (Å²) in [6.07, 6.45) is 4.39. The predicted molar refractivity (Wildman–Crippen MR) is 75.0 cm³/mol. The molecule has 0 fully saturated rings. The highest BCUT2D eigenvalue weighted by Crippen LogP contribution is 2.18. The molecule has 0 aromatic heterocycles. The molecule has 1 nitrogen and oxygen atoms in total. The molecule has 0 atom stereocenters. The maximum absolute atomic E-state index is 3.22. The Morgan fingerprint density at radius 1 is 1.31 bits per heavy atom. The van der Waals surface area contributed by atoms with Crippen molar-refractivity contribution in [3.8, 4) is 0 Å². The van der Waals surface area contributed by atoms with Gasteiger partial charge in [0.1, 0.15) is 0 Å². The second-order valence-corrected chi connectivity index (χ2v) is 5.06. The van der Waals surface area contributed by atoms with E-state index in [0.717, 1.165) is 6.54 Å². The molecule has 16 heavy (non-hydrogen) atoms. The van der Waals surface area contributed by atoms with Gasteiger partial charge < -0.3 is 5.32 Å². The number of likely N-dealkylation sites (N-methyl/N-ethyl adjacent to an activating group) is 1. The van der Waals surface area contributed by atoms with E-state index in [1.807, 2.05) is 7.05 Å². The highest BCUT2D eigenvalue weighted by atomic mass is 32.2. The minimum atomic E-state index is 0.590. The van der Waals surface area contributed by atoms with E-state index in [2.05, 4.69) is 55.8 Å². The molecule has 1 N–H and O–H groups in total. The number of hydrogen-bond acceptors (Lipinski definition) is 2. The van der Waals surface area contributed by atoms with Crippen molar-refractivity contribution in [1.82, 2.24) is 5.32 Å². The van der Waals surface area contributed by atoms with Gasteiger partial charge in [-0.2, -0.15) is 0 Å². The Kier molecular flexibility index (Phi) is 5.64. The fraction of sp³-hybridized carbons (Fsp3) is 0.429. The van der Waals surface area contributed by atoms with Gasteiger partial charge in [0, 0.05) is 11.4 Å². The molecule has 1 aromatic rings. The summed E-state index contributed by atoms with van der Waals surface area (Å²) in [7, 11) is 1.99. The monoisotopic (exact) mass is 235 g/mol. The molecule has 0 unspecified atom stereocenters. The molecule has 1 aromatic carbocycles. The van der Waals surface area contributed by atoms with E-state index in [4.69, 9.17) is 0 Å². The molecule has 0 aliphatic rings. The van der Waals surface area contributed by atoms with Crippen LogP contribution in [0.25, 0.3) is 6.08 Å². The fourth-order valence-corrected chi connectivity index (χ4v) is 1.95. The van der Waals surface area contributed by atoms with E-state index in [1.54, 1.807) is 11.8 Å². The van der Waals surface area contributed by atoms with Gasteiger partial charge in [-0.3, -0.25) is 0 Å². The first kappa shape index (κ1) is 13.3. The van der Waals surface area contributed by atoms with Gasteiger partial charge in [0.25, 0.3) is 0 Å². The molecule has 0 heterocycles. The van der Waals surface area contributed by atoms with Crippen molar-refractivity contribution in [2.45, 2.75) is 18.7 Å². The van der Waals surface area contributed by atoms with Crippen LogP contribution in [0.4, 0.5) is 0 Å². The summed E-state index contributed by atoms with van der Waals surface area (Å²) in [5, 5.41) is 3.22. The molecular formula is C14H21NS. The summed E-state index contributed by atoms with van der Waals surface area (Å²) < 4.78 is 0. The van der Waals surface area contributed by atoms with Crippen LogP contribution < -0.4 is 5.32 Å². The van der Waals surface area contributed by atoms with Crippen LogP contribution in [-0.2, 0) is 0 Å². The third-order valence-electron chi connectivity index (χ3n) is 2.59. The van der Waals surface area contributed by atoms with E-state index >= 15 is 0 Å². The van der Waals surface area contributed by atoms with E-state index < -0.39 is 0 Å². The second kappa shape index (κ2) is 6.77. The lowest BCUT2D eigenvalue weighted by atomic mass is 10.0. The molecule has 0 aliphatic heterocycles. The molecule has 0 bridgehead atoms. The first-order valence-electron chi connectivity index (χ1n) is 5.66. The lowest BCUT2D eigenvalue weighted by molar-refractivity contribution is 0.713. The summed E-state index contributed by atoms with van der Waals surface area (Å²) in [6, 6.07) is 8.72. The number of hydrogen-bond donors (Lipinski definition) is 1. The molecule has 0 spiro atoms. The van der Waals surface area contributed by atoms with Crippen molar-refractivity contribution >= 4 is 17.8 Å². The average Bonchev–Trinajstić information content (AvgIpc) is 2.29. The Bertz CT molecular complexity index is 338. The summed E-state index contributed by atoms with van der Waals surface area (Å²) in [5.41, 5.74) is 2.73. The van der Waals surface area contributed by atoms with Crippen LogP contribution in [0.3, 0.4) is 0 Å². The number of nitrogens with one attached hydrogen (secondary N) is 1. The van der Waals surface area contributed by atoms with Gasteiger partial charge in [-0.05, 0) is 36.9 Å². The van der Waals surface area contributed by atoms with Crippen molar-refractivity contribution in [2.75, 3.05) is 19.8 Å². The van der Waals surface area contributed by atoms with Crippen molar-refractivity contribution in [3.63, 3.8) is 0 Å². The molecule has 2 heteroatoms. The Balaban J connectivity index is 2.85. The molecule has 1 rings (SSSR count). The molecule has 0 amide bonds. The Morgan fingerprint density at radius 3 is 2.38 bits per heavy atom. The minimum absolute atomic E-state index is 0.590. The van der Waals surface area contributed by atoms with Crippen LogP contribution >= 0.6 is 11.8 Å². The second-order valence-electron chi connectivity index (χ2n) is 4.18. The van der Waals surface area contributed by atoms with Gasteiger partial charge in [-0.1, -0.05) is 37.6 Å². The van der Waals surface area contributed by atoms with Crippen molar-refractivity contribution < 1.29 is 0 Å². The average molecular weight is 235 g/mol. The number of rotatable bonds is 5. The molecule has 0 saturated heterocycles. The van der Waals surface area contributed by atoms with Gasteiger partial charge in [0.15, 0.2) is 0 Å². The van der Waals surface area contributed by atoms with Crippen molar-refractivity contribution in [1.29, 1.82) is 0 Å². The zero-order valence-corrected chi connectivity index (χ0v) is 11.4. The SMILES string of the molecule is CNCC(=Cc1ccc(SC)cc1)C(C)C. The standard InChI is InChI=1S/C14H21NS/c1-11(2)13(10-15-3)9-12-5-7-14(16-4)8-6-12/h5-9,11,15H,10H2,1-4H3. The Hall–Kier alpha value is -0.730. The molecule has 0 saturated carbocycles. The van der Waals surface area contributed by atoms with E-state index in [9.17, 15) is 0 Å². The van der Waals surface area contributed by atoms with Gasteiger partial charge in [0.05, 0.1) is 0 Å². The zero-order chi connectivity index (χ0) is 12.0. The first-order valence-corrected chi connectivity index (χ1v) is 6.89. The van der Waals surface area contributed by atoms with Crippen LogP contribution in [0, 0.1) is 5.92 Å². The van der Waals surface area contributed by atoms with Crippen molar-refractivity contribution in [3.05, 3.63) is 35.4 Å². The maximum Gasteiger partial charge on any atom is 0.0167 e. The summed E-state index contributed by atoms with van der Waals surface area (Å²) in [6.45, 7) is 5.43. The summed E-state index contributed by atoms with van der Waals surface area (Å²) in [5.74, 6) is 0.590. The lowest BCUT2D eigenvalue weighted by Gasteiger charge is -2.11. The van der Waals surface area contributed by atoms with E-state index in [0.29, 0.717) is 5.92 Å². The molecular weight excluding hydrogens is 214 g/mol. The van der Waals surface area contributed by atoms with Gasteiger partial charge in [0.2, 0.25) is 0 Å². The van der Waals surface area contributed by atoms with Crippen LogP contribution in [0.2, 0.25) is 0 Å². The van der Waals surface area contributed by atoms with Gasteiger partial charge in [-0.25, -0.2) is 0 Å². The van der Waals surface area contributed by atoms with Crippen LogP contribution in [0.1, 0.15) is 19.4 Å². The van der Waals surface area contributed by atoms with Gasteiger partial charge >= 0.3 is 0 Å². The molecule has 0 radical (unpaired) electrons. The Morgan fingerprint density at radius 2 is 1.94 bits per heavy atom. The first-order chi connectivity index (χ1) is 7.67. The smallest absolute Gasteiger partial charge is 0.0167 e. The summed E-state index contributed by atoms with van der Waals surface area (Å²) in [4.78, 5) is 1.32. The van der Waals surface area contributed by atoms with Crippen LogP contribution in [0.15, 0.2) is 34.7 Å². The maximum atomic E-state index is 3.22. The highest BCUT2D eigenvalue weighted by Gasteiger charge is 2.02.